The highest BCUT2D eigenvalue weighted by Crippen LogP contribution is 2.49. The molecule has 1 aromatic carbocycles. The maximum atomic E-state index is 12.7. The number of carbonyl (C=O) groups is 1. The van der Waals surface area contributed by atoms with Crippen molar-refractivity contribution in [2.45, 2.75) is 37.4 Å². The SMILES string of the molecule is CC(CO)NC(=O)C1(c2cccc(C(F)(F)F)c2)CC1. The second-order valence-electron chi connectivity index (χ2n) is 5.22. The molecule has 20 heavy (non-hydrogen) atoms. The van der Waals surface area contributed by atoms with Crippen molar-refractivity contribution in [3.8, 4) is 0 Å². The molecule has 0 heterocycles. The highest BCUT2D eigenvalue weighted by molar-refractivity contribution is 5.91. The Kier molecular flexibility index (Phi) is 3.77. The summed E-state index contributed by atoms with van der Waals surface area (Å²) in [5.74, 6) is -0.321. The summed E-state index contributed by atoms with van der Waals surface area (Å²) in [4.78, 5) is 12.2. The van der Waals surface area contributed by atoms with Gasteiger partial charge >= 0.3 is 6.18 Å². The van der Waals surface area contributed by atoms with Crippen LogP contribution in [0.25, 0.3) is 0 Å². The lowest BCUT2D eigenvalue weighted by molar-refractivity contribution is -0.137. The summed E-state index contributed by atoms with van der Waals surface area (Å²) in [6.07, 6.45) is -3.36. The molecular formula is C14H16F3NO2. The van der Waals surface area contributed by atoms with Gasteiger partial charge in [0.05, 0.1) is 17.6 Å². The Morgan fingerprint density at radius 1 is 1.45 bits per heavy atom. The molecular weight excluding hydrogens is 271 g/mol. The fraction of sp³-hybridized carbons (Fsp3) is 0.500. The molecule has 0 aromatic heterocycles. The number of hydrogen-bond donors (Lipinski definition) is 2. The maximum absolute atomic E-state index is 12.7. The number of carbonyl (C=O) groups excluding carboxylic acids is 1. The Hall–Kier alpha value is -1.56. The Bertz CT molecular complexity index is 509. The molecule has 1 aliphatic rings. The third kappa shape index (κ3) is 2.80. The molecule has 0 spiro atoms. The Balaban J connectivity index is 2.25. The summed E-state index contributed by atoms with van der Waals surface area (Å²) in [7, 11) is 0. The van der Waals surface area contributed by atoms with Crippen molar-refractivity contribution in [3.63, 3.8) is 0 Å². The van der Waals surface area contributed by atoms with E-state index in [4.69, 9.17) is 5.11 Å². The van der Waals surface area contributed by atoms with Crippen LogP contribution in [0.1, 0.15) is 30.9 Å². The summed E-state index contributed by atoms with van der Waals surface area (Å²) < 4.78 is 38.1. The molecule has 1 aliphatic carbocycles. The van der Waals surface area contributed by atoms with Crippen LogP contribution in [-0.2, 0) is 16.4 Å². The lowest BCUT2D eigenvalue weighted by Crippen LogP contribution is -2.41. The van der Waals surface area contributed by atoms with Crippen LogP contribution in [0.15, 0.2) is 24.3 Å². The second kappa shape index (κ2) is 5.09. The summed E-state index contributed by atoms with van der Waals surface area (Å²) in [5.41, 5.74) is -1.23. The van der Waals surface area contributed by atoms with E-state index in [-0.39, 0.29) is 12.5 Å². The van der Waals surface area contributed by atoms with E-state index in [2.05, 4.69) is 5.32 Å². The molecule has 0 aliphatic heterocycles. The molecule has 0 radical (unpaired) electrons. The number of amides is 1. The number of halogens is 3. The smallest absolute Gasteiger partial charge is 0.394 e. The summed E-state index contributed by atoms with van der Waals surface area (Å²) in [5, 5.41) is 11.5. The van der Waals surface area contributed by atoms with E-state index in [9.17, 15) is 18.0 Å². The quantitative estimate of drug-likeness (QED) is 0.892. The van der Waals surface area contributed by atoms with Crippen LogP contribution in [0.3, 0.4) is 0 Å². The van der Waals surface area contributed by atoms with Crippen LogP contribution in [0.5, 0.6) is 0 Å². The van der Waals surface area contributed by atoms with E-state index in [0.29, 0.717) is 18.4 Å². The standard InChI is InChI=1S/C14H16F3NO2/c1-9(8-19)18-12(20)13(5-6-13)10-3-2-4-11(7-10)14(15,16)17/h2-4,7,9,19H,5-6,8H2,1H3,(H,18,20). The summed E-state index contributed by atoms with van der Waals surface area (Å²) in [6, 6.07) is 4.49. The predicted octanol–water partition coefficient (Wildman–Crippen LogP) is 2.23. The molecule has 1 saturated carbocycles. The van der Waals surface area contributed by atoms with E-state index in [1.165, 1.54) is 6.07 Å². The van der Waals surface area contributed by atoms with Gasteiger partial charge in [0.25, 0.3) is 0 Å². The third-order valence-corrected chi connectivity index (χ3v) is 3.58. The third-order valence-electron chi connectivity index (χ3n) is 3.58. The van der Waals surface area contributed by atoms with Gasteiger partial charge in [-0.2, -0.15) is 13.2 Å². The molecule has 1 atom stereocenters. The zero-order valence-corrected chi connectivity index (χ0v) is 11.0. The number of rotatable bonds is 4. The first kappa shape index (κ1) is 14.8. The second-order valence-corrected chi connectivity index (χ2v) is 5.22. The van der Waals surface area contributed by atoms with Crippen molar-refractivity contribution in [2.24, 2.45) is 0 Å². The molecule has 1 fully saturated rings. The first-order valence-electron chi connectivity index (χ1n) is 6.39. The van der Waals surface area contributed by atoms with Crippen LogP contribution >= 0.6 is 0 Å². The molecule has 0 bridgehead atoms. The van der Waals surface area contributed by atoms with Crippen molar-refractivity contribution in [1.29, 1.82) is 0 Å². The van der Waals surface area contributed by atoms with Crippen LogP contribution in [0.4, 0.5) is 13.2 Å². The lowest BCUT2D eigenvalue weighted by Gasteiger charge is -2.19. The van der Waals surface area contributed by atoms with Crippen molar-refractivity contribution in [2.75, 3.05) is 6.61 Å². The highest BCUT2D eigenvalue weighted by Gasteiger charge is 2.52. The Labute approximate surface area is 114 Å². The minimum absolute atomic E-state index is 0.204. The van der Waals surface area contributed by atoms with Crippen molar-refractivity contribution in [3.05, 3.63) is 35.4 Å². The Morgan fingerprint density at radius 2 is 2.10 bits per heavy atom. The summed E-state index contributed by atoms with van der Waals surface area (Å²) in [6.45, 7) is 1.44. The topological polar surface area (TPSA) is 49.3 Å². The van der Waals surface area contributed by atoms with Gasteiger partial charge in [-0.25, -0.2) is 0 Å². The molecule has 2 N–H and O–H groups in total. The first-order chi connectivity index (χ1) is 9.29. The largest absolute Gasteiger partial charge is 0.416 e. The minimum Gasteiger partial charge on any atom is -0.394 e. The van der Waals surface area contributed by atoms with E-state index < -0.39 is 23.2 Å². The number of nitrogens with one attached hydrogen (secondary N) is 1. The number of aliphatic hydroxyl groups excluding tert-OH is 1. The van der Waals surface area contributed by atoms with Crippen molar-refractivity contribution < 1.29 is 23.1 Å². The number of aliphatic hydroxyl groups is 1. The van der Waals surface area contributed by atoms with Gasteiger partial charge in [-0.1, -0.05) is 18.2 Å². The number of benzene rings is 1. The van der Waals surface area contributed by atoms with Crippen LogP contribution < -0.4 is 5.32 Å². The number of hydrogen-bond acceptors (Lipinski definition) is 2. The van der Waals surface area contributed by atoms with E-state index in [0.717, 1.165) is 12.1 Å². The zero-order chi connectivity index (χ0) is 15.0. The van der Waals surface area contributed by atoms with Crippen molar-refractivity contribution in [1.82, 2.24) is 5.32 Å². The van der Waals surface area contributed by atoms with Gasteiger partial charge in [-0.05, 0) is 31.4 Å². The molecule has 0 saturated heterocycles. The fourth-order valence-electron chi connectivity index (χ4n) is 2.17. The van der Waals surface area contributed by atoms with E-state index >= 15 is 0 Å². The van der Waals surface area contributed by atoms with Gasteiger partial charge in [-0.3, -0.25) is 4.79 Å². The predicted molar refractivity (Wildman–Crippen MR) is 67.0 cm³/mol. The normalized spacial score (nSPS) is 18.4. The minimum atomic E-state index is -4.42. The zero-order valence-electron chi connectivity index (χ0n) is 11.0. The molecule has 1 aromatic rings. The van der Waals surface area contributed by atoms with Crippen molar-refractivity contribution >= 4 is 5.91 Å². The average Bonchev–Trinajstić information content (AvgIpc) is 3.19. The van der Waals surface area contributed by atoms with Crippen LogP contribution in [-0.4, -0.2) is 23.7 Å². The molecule has 1 amide bonds. The van der Waals surface area contributed by atoms with Gasteiger partial charge in [0, 0.05) is 6.04 Å². The van der Waals surface area contributed by atoms with E-state index in [1.54, 1.807) is 13.0 Å². The van der Waals surface area contributed by atoms with Gasteiger partial charge < -0.3 is 10.4 Å². The maximum Gasteiger partial charge on any atom is 0.416 e. The Morgan fingerprint density at radius 3 is 2.60 bits per heavy atom. The average molecular weight is 287 g/mol. The molecule has 2 rings (SSSR count). The van der Waals surface area contributed by atoms with Gasteiger partial charge in [-0.15, -0.1) is 0 Å². The van der Waals surface area contributed by atoms with E-state index in [1.807, 2.05) is 0 Å². The molecule has 110 valence electrons. The molecule has 6 heteroatoms. The molecule has 1 unspecified atom stereocenters. The van der Waals surface area contributed by atoms with Gasteiger partial charge in [0.2, 0.25) is 5.91 Å². The van der Waals surface area contributed by atoms with Gasteiger partial charge in [0.15, 0.2) is 0 Å². The lowest BCUT2D eigenvalue weighted by atomic mass is 9.93. The molecule has 3 nitrogen and oxygen atoms in total. The number of alkyl halides is 3. The fourth-order valence-corrected chi connectivity index (χ4v) is 2.17. The highest BCUT2D eigenvalue weighted by atomic mass is 19.4. The van der Waals surface area contributed by atoms with Crippen LogP contribution in [0, 0.1) is 0 Å². The van der Waals surface area contributed by atoms with Gasteiger partial charge in [0.1, 0.15) is 0 Å². The monoisotopic (exact) mass is 287 g/mol. The first-order valence-corrected chi connectivity index (χ1v) is 6.39. The van der Waals surface area contributed by atoms with Crippen LogP contribution in [0.2, 0.25) is 0 Å². The summed E-state index contributed by atoms with van der Waals surface area (Å²) >= 11 is 0.